The second-order valence-electron chi connectivity index (χ2n) is 7.34. The van der Waals surface area contributed by atoms with Crippen molar-refractivity contribution in [3.05, 3.63) is 64.8 Å². The van der Waals surface area contributed by atoms with Crippen molar-refractivity contribution in [2.75, 3.05) is 9.80 Å². The summed E-state index contributed by atoms with van der Waals surface area (Å²) < 4.78 is 14.6. The standard InChI is InChI=1S/C22H20FN3O2S/c1-6-19(27)16-9-7-15(12-17(16)23)26-21(29)25(20(28)22(26,3)4)14-8-10-18(24-5)13(2)11-14/h7-12H,6H2,1-4H3. The number of hydrogen-bond donors (Lipinski definition) is 0. The van der Waals surface area contributed by atoms with Crippen molar-refractivity contribution in [3.63, 3.8) is 0 Å². The number of aryl methyl sites for hydroxylation is 1. The van der Waals surface area contributed by atoms with Crippen molar-refractivity contribution in [1.29, 1.82) is 0 Å². The van der Waals surface area contributed by atoms with Gasteiger partial charge in [-0.2, -0.15) is 0 Å². The van der Waals surface area contributed by atoms with E-state index < -0.39 is 11.4 Å². The Balaban J connectivity index is 2.06. The third-order valence-corrected chi connectivity index (χ3v) is 5.42. The minimum Gasteiger partial charge on any atom is -0.303 e. The van der Waals surface area contributed by atoms with Gasteiger partial charge in [-0.25, -0.2) is 9.24 Å². The number of nitrogens with zero attached hydrogens (tertiary/aromatic N) is 3. The third-order valence-electron chi connectivity index (χ3n) is 5.06. The molecule has 3 rings (SSSR count). The van der Waals surface area contributed by atoms with Crippen LogP contribution in [0.1, 0.15) is 43.1 Å². The van der Waals surface area contributed by atoms with Crippen LogP contribution in [0, 0.1) is 19.3 Å². The van der Waals surface area contributed by atoms with Crippen LogP contribution < -0.4 is 9.80 Å². The largest absolute Gasteiger partial charge is 0.303 e. The number of halogens is 1. The number of amides is 1. The lowest BCUT2D eigenvalue weighted by Gasteiger charge is -2.29. The van der Waals surface area contributed by atoms with Crippen LogP contribution in [-0.2, 0) is 4.79 Å². The van der Waals surface area contributed by atoms with Crippen LogP contribution >= 0.6 is 12.2 Å². The minimum absolute atomic E-state index is 0.0210. The highest BCUT2D eigenvalue weighted by atomic mass is 32.1. The Morgan fingerprint density at radius 2 is 1.86 bits per heavy atom. The Hall–Kier alpha value is -3.11. The summed E-state index contributed by atoms with van der Waals surface area (Å²) in [6, 6.07) is 9.32. The summed E-state index contributed by atoms with van der Waals surface area (Å²) in [5.41, 5.74) is 1.16. The maximum Gasteiger partial charge on any atom is 0.259 e. The molecule has 0 N–H and O–H groups in total. The van der Waals surface area contributed by atoms with E-state index in [0.29, 0.717) is 17.1 Å². The number of thiocarbonyl (C=S) groups is 1. The molecule has 0 spiro atoms. The van der Waals surface area contributed by atoms with Gasteiger partial charge in [-0.3, -0.25) is 14.5 Å². The molecule has 7 heteroatoms. The Morgan fingerprint density at radius 1 is 1.21 bits per heavy atom. The van der Waals surface area contributed by atoms with Crippen molar-refractivity contribution in [2.24, 2.45) is 0 Å². The quantitative estimate of drug-likeness (QED) is 0.396. The molecule has 0 atom stereocenters. The van der Waals surface area contributed by atoms with Crippen molar-refractivity contribution < 1.29 is 14.0 Å². The van der Waals surface area contributed by atoms with Gasteiger partial charge in [0.15, 0.2) is 16.6 Å². The van der Waals surface area contributed by atoms with Crippen molar-refractivity contribution in [1.82, 2.24) is 0 Å². The summed E-state index contributed by atoms with van der Waals surface area (Å²) in [4.78, 5) is 31.5. The normalized spacial score (nSPS) is 15.6. The molecule has 1 fully saturated rings. The molecule has 1 heterocycles. The van der Waals surface area contributed by atoms with E-state index in [0.717, 1.165) is 5.56 Å². The summed E-state index contributed by atoms with van der Waals surface area (Å²) >= 11 is 5.59. The number of hydrogen-bond acceptors (Lipinski definition) is 3. The average molecular weight is 409 g/mol. The van der Waals surface area contributed by atoms with E-state index in [4.69, 9.17) is 18.8 Å². The maximum atomic E-state index is 14.6. The summed E-state index contributed by atoms with van der Waals surface area (Å²) in [6.07, 6.45) is 0.204. The van der Waals surface area contributed by atoms with Crippen molar-refractivity contribution in [3.8, 4) is 0 Å². The Morgan fingerprint density at radius 3 is 2.41 bits per heavy atom. The van der Waals surface area contributed by atoms with E-state index in [1.165, 1.54) is 17.0 Å². The third kappa shape index (κ3) is 3.30. The van der Waals surface area contributed by atoms with Gasteiger partial charge in [0, 0.05) is 17.8 Å². The SMILES string of the molecule is [C-]#[N+]c1ccc(N2C(=O)C(C)(C)N(c3ccc(C(=O)CC)c(F)c3)C2=S)cc1C. The fourth-order valence-electron chi connectivity index (χ4n) is 3.42. The first-order valence-corrected chi connectivity index (χ1v) is 9.54. The predicted octanol–water partition coefficient (Wildman–Crippen LogP) is 5.19. The van der Waals surface area contributed by atoms with Crippen LogP contribution in [0.25, 0.3) is 4.85 Å². The predicted molar refractivity (Wildman–Crippen MR) is 115 cm³/mol. The van der Waals surface area contributed by atoms with E-state index in [9.17, 15) is 14.0 Å². The van der Waals surface area contributed by atoms with E-state index >= 15 is 0 Å². The molecule has 2 aromatic rings. The number of Topliss-reactive ketones (excluding diaryl/α,β-unsaturated/α-hetero) is 1. The number of anilines is 2. The molecule has 148 valence electrons. The van der Waals surface area contributed by atoms with Crippen LogP contribution in [0.2, 0.25) is 0 Å². The van der Waals surface area contributed by atoms with Crippen LogP contribution in [0.3, 0.4) is 0 Å². The van der Waals surface area contributed by atoms with Gasteiger partial charge in [-0.15, -0.1) is 0 Å². The van der Waals surface area contributed by atoms with Gasteiger partial charge in [0.25, 0.3) is 5.91 Å². The molecule has 1 amide bonds. The average Bonchev–Trinajstić information content (AvgIpc) is 2.85. The highest BCUT2D eigenvalue weighted by molar-refractivity contribution is 7.81. The molecule has 0 radical (unpaired) electrons. The molecular formula is C22H20FN3O2S. The maximum absolute atomic E-state index is 14.6. The molecule has 0 aromatic heterocycles. The lowest BCUT2D eigenvalue weighted by molar-refractivity contribution is -0.120. The molecule has 0 saturated carbocycles. The van der Waals surface area contributed by atoms with Crippen LogP contribution in [0.5, 0.6) is 0 Å². The van der Waals surface area contributed by atoms with E-state index in [2.05, 4.69) is 4.85 Å². The Bertz CT molecular complexity index is 1090. The highest BCUT2D eigenvalue weighted by Crippen LogP contribution is 2.38. The molecule has 0 aliphatic carbocycles. The van der Waals surface area contributed by atoms with Gasteiger partial charge >= 0.3 is 0 Å². The lowest BCUT2D eigenvalue weighted by atomic mass is 10.0. The second-order valence-corrected chi connectivity index (χ2v) is 7.71. The van der Waals surface area contributed by atoms with E-state index in [-0.39, 0.29) is 28.8 Å². The van der Waals surface area contributed by atoms with Crippen LogP contribution in [0.4, 0.5) is 21.5 Å². The fraction of sp³-hybridized carbons (Fsp3) is 0.273. The number of ketones is 1. The van der Waals surface area contributed by atoms with Crippen LogP contribution in [-0.4, -0.2) is 22.3 Å². The van der Waals surface area contributed by atoms with Gasteiger partial charge < -0.3 is 4.90 Å². The molecule has 1 aliphatic rings. The molecule has 29 heavy (non-hydrogen) atoms. The molecular weight excluding hydrogens is 389 g/mol. The molecule has 0 unspecified atom stereocenters. The summed E-state index contributed by atoms with van der Waals surface area (Å²) in [5, 5.41) is 0.212. The lowest BCUT2D eigenvalue weighted by Crippen LogP contribution is -2.44. The van der Waals surface area contributed by atoms with Crippen LogP contribution in [0.15, 0.2) is 36.4 Å². The first kappa shape index (κ1) is 20.6. The number of carbonyl (C=O) groups excluding carboxylic acids is 2. The van der Waals surface area contributed by atoms with Gasteiger partial charge in [0.05, 0.1) is 12.1 Å². The van der Waals surface area contributed by atoms with Gasteiger partial charge in [-0.1, -0.05) is 13.0 Å². The van der Waals surface area contributed by atoms with Gasteiger partial charge in [0.1, 0.15) is 11.4 Å². The molecule has 5 nitrogen and oxygen atoms in total. The second kappa shape index (κ2) is 7.37. The molecule has 1 aliphatic heterocycles. The summed E-state index contributed by atoms with van der Waals surface area (Å²) in [7, 11) is 0. The Labute approximate surface area is 174 Å². The number of carbonyl (C=O) groups is 2. The molecule has 1 saturated heterocycles. The minimum atomic E-state index is -1.05. The molecule has 0 bridgehead atoms. The first-order valence-electron chi connectivity index (χ1n) is 9.13. The van der Waals surface area contributed by atoms with Gasteiger partial charge in [0.2, 0.25) is 0 Å². The molecule has 2 aromatic carbocycles. The van der Waals surface area contributed by atoms with Crippen molar-refractivity contribution in [2.45, 2.75) is 39.7 Å². The summed E-state index contributed by atoms with van der Waals surface area (Å²) in [5.74, 6) is -1.19. The number of rotatable bonds is 4. The zero-order valence-corrected chi connectivity index (χ0v) is 17.4. The zero-order valence-electron chi connectivity index (χ0n) is 16.6. The topological polar surface area (TPSA) is 45.0 Å². The Kier molecular flexibility index (Phi) is 5.24. The first-order chi connectivity index (χ1) is 13.6. The van der Waals surface area contributed by atoms with Gasteiger partial charge in [-0.05, 0) is 68.9 Å². The van der Waals surface area contributed by atoms with E-state index in [1.54, 1.807) is 56.9 Å². The fourth-order valence-corrected chi connectivity index (χ4v) is 3.94. The highest BCUT2D eigenvalue weighted by Gasteiger charge is 2.50. The monoisotopic (exact) mass is 409 g/mol. The van der Waals surface area contributed by atoms with Crippen molar-refractivity contribution >= 4 is 46.1 Å². The zero-order chi connectivity index (χ0) is 21.5. The smallest absolute Gasteiger partial charge is 0.259 e. The number of benzene rings is 2. The van der Waals surface area contributed by atoms with E-state index in [1.807, 2.05) is 0 Å². The summed E-state index contributed by atoms with van der Waals surface area (Å²) in [6.45, 7) is 14.1.